The van der Waals surface area contributed by atoms with Crippen LogP contribution in [0.1, 0.15) is 24.2 Å². The predicted molar refractivity (Wildman–Crippen MR) is 46.2 cm³/mol. The quantitative estimate of drug-likeness (QED) is 0.699. The Morgan fingerprint density at radius 2 is 2.38 bits per heavy atom. The summed E-state index contributed by atoms with van der Waals surface area (Å²) in [5, 5.41) is 12.6. The van der Waals surface area contributed by atoms with Crippen LogP contribution in [0.2, 0.25) is 0 Å². The molecule has 0 saturated heterocycles. The Labute approximate surface area is 76.8 Å². The summed E-state index contributed by atoms with van der Waals surface area (Å²) in [5.74, 6) is -0.433. The summed E-state index contributed by atoms with van der Waals surface area (Å²) in [6, 6.07) is 1.55. The Bertz CT molecular complexity index is 293. The first-order chi connectivity index (χ1) is 6.09. The second kappa shape index (κ2) is 3.98. The predicted octanol–water partition coefficient (Wildman–Crippen LogP) is 0.723. The van der Waals surface area contributed by atoms with Crippen molar-refractivity contribution in [3.63, 3.8) is 0 Å². The molecule has 1 aromatic heterocycles. The highest BCUT2D eigenvalue weighted by Gasteiger charge is 2.08. The highest BCUT2D eigenvalue weighted by Crippen LogP contribution is 1.93. The highest BCUT2D eigenvalue weighted by atomic mass is 16.4. The number of aromatic nitrogens is 2. The number of nitrogens with zero attached hydrogens (tertiary/aromatic N) is 2. The molecular formula is C9H13N2O2+. The van der Waals surface area contributed by atoms with E-state index in [2.05, 4.69) is 18.9 Å². The summed E-state index contributed by atoms with van der Waals surface area (Å²) in [7, 11) is 0. The molecule has 0 saturated carbocycles. The van der Waals surface area contributed by atoms with Crippen LogP contribution in [0.15, 0.2) is 18.5 Å². The van der Waals surface area contributed by atoms with Crippen molar-refractivity contribution in [2.45, 2.75) is 20.4 Å². The molecule has 0 radical (unpaired) electrons. The smallest absolute Gasteiger partial charge is 0.337 e. The summed E-state index contributed by atoms with van der Waals surface area (Å²) in [6.07, 6.45) is 3.05. The summed E-state index contributed by atoms with van der Waals surface area (Å²) in [5.41, 5.74) is 0.222. The van der Waals surface area contributed by atoms with Gasteiger partial charge >= 0.3 is 5.97 Å². The molecule has 0 aliphatic carbocycles. The van der Waals surface area contributed by atoms with Gasteiger partial charge in [0.15, 0.2) is 12.7 Å². The van der Waals surface area contributed by atoms with Crippen molar-refractivity contribution in [2.75, 3.05) is 0 Å². The number of carboxylic acid groups (broad SMARTS) is 1. The number of carbonyl (C=O) groups is 1. The second-order valence-corrected chi connectivity index (χ2v) is 3.34. The van der Waals surface area contributed by atoms with E-state index in [1.54, 1.807) is 16.9 Å². The molecule has 0 aliphatic heterocycles. The van der Waals surface area contributed by atoms with Crippen molar-refractivity contribution in [2.24, 2.45) is 5.92 Å². The van der Waals surface area contributed by atoms with Crippen molar-refractivity contribution < 1.29 is 14.6 Å². The number of aromatic carboxylic acids is 1. The largest absolute Gasteiger partial charge is 0.478 e. The number of carboxylic acids is 1. The van der Waals surface area contributed by atoms with Crippen LogP contribution in [0.3, 0.4) is 0 Å². The van der Waals surface area contributed by atoms with Gasteiger partial charge < -0.3 is 5.11 Å². The SMILES string of the molecule is CC(C)C[n+]1ccc(C(=O)O)cn1. The zero-order valence-corrected chi connectivity index (χ0v) is 7.77. The molecule has 0 aliphatic rings. The third-order valence-corrected chi connectivity index (χ3v) is 1.57. The van der Waals surface area contributed by atoms with Gasteiger partial charge in [-0.05, 0) is 5.10 Å². The zero-order valence-electron chi connectivity index (χ0n) is 7.77. The van der Waals surface area contributed by atoms with Gasteiger partial charge in [0, 0.05) is 12.0 Å². The van der Waals surface area contributed by atoms with Gasteiger partial charge in [-0.25, -0.2) is 4.79 Å². The fourth-order valence-electron chi connectivity index (χ4n) is 0.993. The third-order valence-electron chi connectivity index (χ3n) is 1.57. The lowest BCUT2D eigenvalue weighted by Gasteiger charge is -1.97. The minimum absolute atomic E-state index is 0.222. The van der Waals surface area contributed by atoms with Crippen molar-refractivity contribution in [1.82, 2.24) is 5.10 Å². The monoisotopic (exact) mass is 181 g/mol. The molecule has 1 rings (SSSR count). The van der Waals surface area contributed by atoms with Gasteiger partial charge in [-0.15, -0.1) is 0 Å². The molecule has 0 amide bonds. The van der Waals surface area contributed by atoms with Crippen LogP contribution in [0.5, 0.6) is 0 Å². The fraction of sp³-hybridized carbons (Fsp3) is 0.444. The molecule has 0 spiro atoms. The molecule has 1 aromatic rings. The molecule has 1 heterocycles. The lowest BCUT2D eigenvalue weighted by atomic mass is 10.2. The normalized spacial score (nSPS) is 10.4. The minimum Gasteiger partial charge on any atom is -0.478 e. The van der Waals surface area contributed by atoms with E-state index in [9.17, 15) is 4.79 Å². The molecule has 0 fully saturated rings. The average Bonchev–Trinajstić information content (AvgIpc) is 2.04. The van der Waals surface area contributed by atoms with Crippen molar-refractivity contribution in [3.05, 3.63) is 24.0 Å². The van der Waals surface area contributed by atoms with Gasteiger partial charge in [0.05, 0.1) is 5.56 Å². The molecule has 4 nitrogen and oxygen atoms in total. The van der Waals surface area contributed by atoms with Gasteiger partial charge in [-0.2, -0.15) is 0 Å². The number of hydrogen-bond donors (Lipinski definition) is 1. The number of hydrogen-bond acceptors (Lipinski definition) is 2. The van der Waals surface area contributed by atoms with E-state index >= 15 is 0 Å². The van der Waals surface area contributed by atoms with Crippen LogP contribution in [-0.4, -0.2) is 16.2 Å². The first-order valence-corrected chi connectivity index (χ1v) is 4.18. The summed E-state index contributed by atoms with van der Waals surface area (Å²) in [6.45, 7) is 4.97. The van der Waals surface area contributed by atoms with E-state index in [1.807, 2.05) is 0 Å². The standard InChI is InChI=1S/C9H12N2O2/c1-7(2)6-11-4-3-8(5-10-11)9(12)13/h3-5,7H,6H2,1-2H3/p+1. The van der Waals surface area contributed by atoms with Crippen LogP contribution >= 0.6 is 0 Å². The molecule has 0 aromatic carbocycles. The summed E-state index contributed by atoms with van der Waals surface area (Å²) < 4.78 is 1.73. The van der Waals surface area contributed by atoms with E-state index in [4.69, 9.17) is 5.11 Å². The van der Waals surface area contributed by atoms with Gasteiger partial charge in [0.25, 0.3) is 0 Å². The molecular weight excluding hydrogens is 168 g/mol. The lowest BCUT2D eigenvalue weighted by Crippen LogP contribution is -2.39. The maximum absolute atomic E-state index is 10.5. The molecule has 0 unspecified atom stereocenters. The van der Waals surface area contributed by atoms with E-state index in [0.717, 1.165) is 6.54 Å². The highest BCUT2D eigenvalue weighted by molar-refractivity contribution is 5.86. The Morgan fingerprint density at radius 1 is 1.69 bits per heavy atom. The molecule has 0 atom stereocenters. The van der Waals surface area contributed by atoms with Gasteiger partial charge in [-0.1, -0.05) is 18.5 Å². The van der Waals surface area contributed by atoms with E-state index in [-0.39, 0.29) is 5.56 Å². The van der Waals surface area contributed by atoms with Crippen molar-refractivity contribution in [1.29, 1.82) is 0 Å². The molecule has 70 valence electrons. The molecule has 0 bridgehead atoms. The van der Waals surface area contributed by atoms with Crippen molar-refractivity contribution >= 4 is 5.97 Å². The van der Waals surface area contributed by atoms with Crippen LogP contribution in [-0.2, 0) is 6.54 Å². The maximum Gasteiger partial charge on any atom is 0.337 e. The van der Waals surface area contributed by atoms with Gasteiger partial charge in [-0.3, -0.25) is 0 Å². The lowest BCUT2D eigenvalue weighted by molar-refractivity contribution is -0.758. The molecule has 4 heteroatoms. The van der Waals surface area contributed by atoms with E-state index in [1.165, 1.54) is 6.20 Å². The Hall–Kier alpha value is -1.45. The van der Waals surface area contributed by atoms with Crippen LogP contribution in [0.25, 0.3) is 0 Å². The minimum atomic E-state index is -0.941. The number of rotatable bonds is 3. The van der Waals surface area contributed by atoms with Crippen LogP contribution in [0, 0.1) is 5.92 Å². The molecule has 13 heavy (non-hydrogen) atoms. The summed E-state index contributed by atoms with van der Waals surface area (Å²) in [4.78, 5) is 10.5. The van der Waals surface area contributed by atoms with E-state index in [0.29, 0.717) is 5.92 Å². The third kappa shape index (κ3) is 2.82. The second-order valence-electron chi connectivity index (χ2n) is 3.34. The van der Waals surface area contributed by atoms with Crippen molar-refractivity contribution in [3.8, 4) is 0 Å². The van der Waals surface area contributed by atoms with Crippen LogP contribution < -0.4 is 4.68 Å². The first-order valence-electron chi connectivity index (χ1n) is 4.18. The first kappa shape index (κ1) is 9.64. The van der Waals surface area contributed by atoms with Gasteiger partial charge in [0.1, 0.15) is 6.20 Å². The van der Waals surface area contributed by atoms with Crippen LogP contribution in [0.4, 0.5) is 0 Å². The zero-order chi connectivity index (χ0) is 9.84. The Kier molecular flexibility index (Phi) is 2.95. The van der Waals surface area contributed by atoms with E-state index < -0.39 is 5.97 Å². The van der Waals surface area contributed by atoms with Gasteiger partial charge in [0.2, 0.25) is 0 Å². The Balaban J connectivity index is 2.75. The maximum atomic E-state index is 10.5. The Morgan fingerprint density at radius 3 is 2.77 bits per heavy atom. The topological polar surface area (TPSA) is 54.1 Å². The average molecular weight is 181 g/mol. The fourth-order valence-corrected chi connectivity index (χ4v) is 0.993. The molecule has 1 N–H and O–H groups in total. The summed E-state index contributed by atoms with van der Waals surface area (Å²) >= 11 is 0.